The average Bonchev–Trinajstić information content (AvgIpc) is 3.26. The smallest absolute Gasteiger partial charge is 0.337 e. The molecule has 0 aliphatic heterocycles. The molecule has 9 heteroatoms. The van der Waals surface area contributed by atoms with Crippen LogP contribution in [0.15, 0.2) is 30.6 Å². The van der Waals surface area contributed by atoms with Crippen molar-refractivity contribution in [2.45, 2.75) is 26.4 Å². The molecule has 3 aromatic heterocycles. The molecule has 1 aromatic carbocycles. The molecular formula is C22H24N6O3. The van der Waals surface area contributed by atoms with Gasteiger partial charge >= 0.3 is 5.97 Å². The molecule has 0 saturated carbocycles. The van der Waals surface area contributed by atoms with Crippen molar-refractivity contribution >= 4 is 40.1 Å². The number of nitrogens with one attached hydrogen (secondary N) is 1. The number of carbonyl (C=O) groups excluding carboxylic acids is 2. The summed E-state index contributed by atoms with van der Waals surface area (Å²) >= 11 is 0. The van der Waals surface area contributed by atoms with Crippen LogP contribution >= 0.6 is 0 Å². The summed E-state index contributed by atoms with van der Waals surface area (Å²) in [6, 6.07) is 7.54. The highest BCUT2D eigenvalue weighted by molar-refractivity contribution is 6.04. The van der Waals surface area contributed by atoms with Crippen molar-refractivity contribution in [3.05, 3.63) is 41.9 Å². The van der Waals surface area contributed by atoms with Gasteiger partial charge in [-0.25, -0.2) is 14.8 Å². The Kier molecular flexibility index (Phi) is 5.10. The number of benzene rings is 1. The number of nitrogen functional groups attached to an aromatic ring is 1. The summed E-state index contributed by atoms with van der Waals surface area (Å²) in [6.07, 6.45) is 2.12. The second kappa shape index (κ2) is 7.75. The lowest BCUT2D eigenvalue weighted by Crippen LogP contribution is -2.16. The fourth-order valence-corrected chi connectivity index (χ4v) is 4.16. The van der Waals surface area contributed by atoms with Gasteiger partial charge in [0.1, 0.15) is 17.8 Å². The van der Waals surface area contributed by atoms with Crippen LogP contribution in [0.1, 0.15) is 35.9 Å². The first kappa shape index (κ1) is 20.4. The van der Waals surface area contributed by atoms with Gasteiger partial charge in [0, 0.05) is 35.2 Å². The second-order valence-electron chi connectivity index (χ2n) is 7.60. The van der Waals surface area contributed by atoms with E-state index in [0.29, 0.717) is 30.0 Å². The fourth-order valence-electron chi connectivity index (χ4n) is 4.16. The number of amides is 1. The van der Waals surface area contributed by atoms with Gasteiger partial charge in [-0.3, -0.25) is 4.79 Å². The molecule has 0 aliphatic carbocycles. The van der Waals surface area contributed by atoms with E-state index in [-0.39, 0.29) is 6.04 Å². The van der Waals surface area contributed by atoms with Crippen molar-refractivity contribution in [3.63, 3.8) is 0 Å². The molecule has 4 aromatic rings. The molecule has 0 spiro atoms. The van der Waals surface area contributed by atoms with Crippen molar-refractivity contribution in [1.29, 1.82) is 0 Å². The van der Waals surface area contributed by atoms with Crippen LogP contribution in [0, 0.1) is 0 Å². The Hall–Kier alpha value is -3.88. The van der Waals surface area contributed by atoms with Crippen molar-refractivity contribution < 1.29 is 14.3 Å². The Morgan fingerprint density at radius 2 is 2.06 bits per heavy atom. The fraction of sp³-hybridized carbons (Fsp3) is 0.273. The molecule has 0 atom stereocenters. The van der Waals surface area contributed by atoms with E-state index in [1.54, 1.807) is 12.1 Å². The number of esters is 1. The lowest BCUT2D eigenvalue weighted by Gasteiger charge is -2.15. The van der Waals surface area contributed by atoms with Gasteiger partial charge in [-0.15, -0.1) is 0 Å². The molecule has 3 N–H and O–H groups in total. The van der Waals surface area contributed by atoms with Crippen LogP contribution in [0.4, 0.5) is 5.82 Å². The summed E-state index contributed by atoms with van der Waals surface area (Å²) in [5.74, 6) is -0.0261. The standard InChI is InChI=1S/C22H24N6O3/c1-12(2)28-17(9-24-11-29)18(19-20(23)25-10-26-21(19)28)16-7-13-5-6-14(22(30)31-4)8-15(13)27(16)3/h5-8,10-12H,9H2,1-4H3,(H,24,29)(H2,23,25,26). The lowest BCUT2D eigenvalue weighted by atomic mass is 10.1. The highest BCUT2D eigenvalue weighted by Crippen LogP contribution is 2.40. The van der Waals surface area contributed by atoms with E-state index in [1.165, 1.54) is 13.4 Å². The van der Waals surface area contributed by atoms with Crippen LogP contribution in [0.25, 0.3) is 33.2 Å². The predicted octanol–water partition coefficient (Wildman–Crippen LogP) is 2.79. The van der Waals surface area contributed by atoms with Crippen LogP contribution in [0.2, 0.25) is 0 Å². The highest BCUT2D eigenvalue weighted by Gasteiger charge is 2.25. The van der Waals surface area contributed by atoms with E-state index in [1.807, 2.05) is 23.7 Å². The third-order valence-electron chi connectivity index (χ3n) is 5.51. The number of methoxy groups -OCH3 is 1. The maximum Gasteiger partial charge on any atom is 0.337 e. The molecule has 3 heterocycles. The number of nitrogens with two attached hydrogens (primary N) is 1. The van der Waals surface area contributed by atoms with E-state index >= 15 is 0 Å². The van der Waals surface area contributed by atoms with E-state index in [9.17, 15) is 9.59 Å². The second-order valence-corrected chi connectivity index (χ2v) is 7.60. The van der Waals surface area contributed by atoms with Crippen molar-refractivity contribution in [3.8, 4) is 11.3 Å². The monoisotopic (exact) mass is 420 g/mol. The Balaban J connectivity index is 2.07. The SMILES string of the molecule is COC(=O)c1ccc2cc(-c3c(CNC=O)n(C(C)C)c4ncnc(N)c34)n(C)c2c1. The molecular weight excluding hydrogens is 396 g/mol. The maximum absolute atomic E-state index is 12.0. The van der Waals surface area contributed by atoms with Gasteiger partial charge in [0.15, 0.2) is 0 Å². The van der Waals surface area contributed by atoms with Crippen molar-refractivity contribution in [1.82, 2.24) is 24.4 Å². The third kappa shape index (κ3) is 3.18. The molecule has 0 fully saturated rings. The zero-order valence-electron chi connectivity index (χ0n) is 17.8. The van der Waals surface area contributed by atoms with Gasteiger partial charge in [-0.05, 0) is 32.0 Å². The summed E-state index contributed by atoms with van der Waals surface area (Å²) in [6.45, 7) is 4.41. The van der Waals surface area contributed by atoms with Gasteiger partial charge in [0.05, 0.1) is 30.3 Å². The Bertz CT molecular complexity index is 1320. The van der Waals surface area contributed by atoms with Gasteiger partial charge in [-0.2, -0.15) is 0 Å². The molecule has 160 valence electrons. The van der Waals surface area contributed by atoms with Crippen molar-refractivity contribution in [2.75, 3.05) is 12.8 Å². The Morgan fingerprint density at radius 1 is 1.29 bits per heavy atom. The highest BCUT2D eigenvalue weighted by atomic mass is 16.5. The van der Waals surface area contributed by atoms with Crippen LogP contribution in [-0.4, -0.2) is 38.6 Å². The van der Waals surface area contributed by atoms with Gasteiger partial charge < -0.3 is 24.9 Å². The topological polar surface area (TPSA) is 117 Å². The minimum Gasteiger partial charge on any atom is -0.465 e. The first-order chi connectivity index (χ1) is 14.9. The Labute approximate surface area is 178 Å². The minimum atomic E-state index is -0.394. The number of ether oxygens (including phenoxy) is 1. The Morgan fingerprint density at radius 3 is 2.74 bits per heavy atom. The molecule has 0 aliphatic rings. The predicted molar refractivity (Wildman–Crippen MR) is 118 cm³/mol. The van der Waals surface area contributed by atoms with Gasteiger partial charge in [0.25, 0.3) is 0 Å². The minimum absolute atomic E-state index is 0.0783. The number of aromatic nitrogens is 4. The molecule has 9 nitrogen and oxygen atoms in total. The maximum atomic E-state index is 12.0. The quantitative estimate of drug-likeness (QED) is 0.366. The van der Waals surface area contributed by atoms with E-state index in [2.05, 4.69) is 33.7 Å². The first-order valence-electron chi connectivity index (χ1n) is 9.87. The molecule has 4 rings (SSSR count). The van der Waals surface area contributed by atoms with Crippen molar-refractivity contribution in [2.24, 2.45) is 7.05 Å². The average molecular weight is 420 g/mol. The zero-order chi connectivity index (χ0) is 22.3. The summed E-state index contributed by atoms with van der Waals surface area (Å²) in [4.78, 5) is 31.8. The van der Waals surface area contributed by atoms with Gasteiger partial charge in [-0.1, -0.05) is 6.07 Å². The van der Waals surface area contributed by atoms with Crippen LogP contribution in [0.3, 0.4) is 0 Å². The molecule has 0 unspecified atom stereocenters. The normalized spacial score (nSPS) is 11.4. The summed E-state index contributed by atoms with van der Waals surface area (Å²) in [7, 11) is 3.28. The summed E-state index contributed by atoms with van der Waals surface area (Å²) in [5.41, 5.74) is 11.0. The summed E-state index contributed by atoms with van der Waals surface area (Å²) < 4.78 is 8.92. The molecule has 31 heavy (non-hydrogen) atoms. The van der Waals surface area contributed by atoms with E-state index in [4.69, 9.17) is 10.5 Å². The van der Waals surface area contributed by atoms with Crippen LogP contribution in [0.5, 0.6) is 0 Å². The first-order valence-corrected chi connectivity index (χ1v) is 9.87. The number of rotatable bonds is 6. The zero-order valence-corrected chi connectivity index (χ0v) is 17.8. The lowest BCUT2D eigenvalue weighted by molar-refractivity contribution is -0.109. The number of nitrogens with zero attached hydrogens (tertiary/aromatic N) is 4. The molecule has 1 amide bonds. The number of carbonyl (C=O) groups is 2. The summed E-state index contributed by atoms with van der Waals surface area (Å²) in [5, 5.41) is 4.47. The number of anilines is 1. The molecule has 0 saturated heterocycles. The molecule has 0 radical (unpaired) electrons. The number of hydrogen-bond donors (Lipinski definition) is 2. The van der Waals surface area contributed by atoms with Crippen LogP contribution in [-0.2, 0) is 23.1 Å². The number of hydrogen-bond acceptors (Lipinski definition) is 6. The third-order valence-corrected chi connectivity index (χ3v) is 5.51. The van der Waals surface area contributed by atoms with Crippen LogP contribution < -0.4 is 11.1 Å². The number of fused-ring (bicyclic) bond motifs is 2. The largest absolute Gasteiger partial charge is 0.465 e. The van der Waals surface area contributed by atoms with E-state index < -0.39 is 5.97 Å². The molecule has 0 bridgehead atoms. The number of aryl methyl sites for hydroxylation is 1. The van der Waals surface area contributed by atoms with Gasteiger partial charge in [0.2, 0.25) is 6.41 Å². The van der Waals surface area contributed by atoms with E-state index in [0.717, 1.165) is 33.2 Å².